The first-order chi connectivity index (χ1) is 9.86. The highest BCUT2D eigenvalue weighted by molar-refractivity contribution is 7.89. The fourth-order valence-corrected chi connectivity index (χ4v) is 4.21. The van der Waals surface area contributed by atoms with E-state index in [1.165, 1.54) is 35.7 Å². The molecule has 1 aromatic carbocycles. The first-order valence-electron chi connectivity index (χ1n) is 6.25. The minimum atomic E-state index is -3.81. The molecule has 21 heavy (non-hydrogen) atoms. The van der Waals surface area contributed by atoms with Crippen LogP contribution in [0.3, 0.4) is 0 Å². The summed E-state index contributed by atoms with van der Waals surface area (Å²) in [6, 6.07) is 6.15. The summed E-state index contributed by atoms with van der Waals surface area (Å²) in [6.45, 7) is 1.24. The average Bonchev–Trinajstić information content (AvgIpc) is 2.94. The molecule has 0 aliphatic heterocycles. The normalized spacial score (nSPS) is 12.0. The Bertz CT molecular complexity index is 727. The second-order valence-corrected chi connectivity index (χ2v) is 7.74. The van der Waals surface area contributed by atoms with Gasteiger partial charge >= 0.3 is 0 Å². The molecule has 4 nitrogen and oxygen atoms in total. The molecule has 2 rings (SSSR count). The topological polar surface area (TPSA) is 57.6 Å². The van der Waals surface area contributed by atoms with E-state index in [1.54, 1.807) is 0 Å². The molecule has 0 aliphatic rings. The van der Waals surface area contributed by atoms with Crippen molar-refractivity contribution >= 4 is 21.4 Å². The van der Waals surface area contributed by atoms with Gasteiger partial charge in [0.05, 0.1) is 11.5 Å². The number of benzene rings is 1. The molecule has 0 amide bonds. The van der Waals surface area contributed by atoms with Gasteiger partial charge < -0.3 is 5.11 Å². The molecule has 1 heterocycles. The van der Waals surface area contributed by atoms with Crippen LogP contribution in [0.1, 0.15) is 16.0 Å². The Balaban J connectivity index is 2.41. The van der Waals surface area contributed by atoms with Crippen LogP contribution >= 0.6 is 11.3 Å². The third kappa shape index (κ3) is 3.32. The van der Waals surface area contributed by atoms with Gasteiger partial charge in [-0.25, -0.2) is 12.8 Å². The fraction of sp³-hybridized carbons (Fsp3) is 0.286. The lowest BCUT2D eigenvalue weighted by atomic mass is 10.1. The van der Waals surface area contributed by atoms with E-state index in [1.807, 2.05) is 17.5 Å². The van der Waals surface area contributed by atoms with Crippen LogP contribution in [-0.2, 0) is 23.2 Å². The van der Waals surface area contributed by atoms with Crippen molar-refractivity contribution in [3.05, 3.63) is 51.5 Å². The van der Waals surface area contributed by atoms with Gasteiger partial charge in [-0.2, -0.15) is 4.31 Å². The quantitative estimate of drug-likeness (QED) is 0.917. The molecule has 0 saturated heterocycles. The summed E-state index contributed by atoms with van der Waals surface area (Å²) >= 11 is 1.46. The highest BCUT2D eigenvalue weighted by Gasteiger charge is 2.25. The number of thiophene rings is 1. The molecule has 0 radical (unpaired) electrons. The highest BCUT2D eigenvalue weighted by atomic mass is 32.2. The molecule has 114 valence electrons. The third-order valence-electron chi connectivity index (χ3n) is 3.19. The second-order valence-electron chi connectivity index (χ2n) is 4.70. The van der Waals surface area contributed by atoms with Gasteiger partial charge in [0.25, 0.3) is 0 Å². The van der Waals surface area contributed by atoms with Gasteiger partial charge in [0, 0.05) is 24.0 Å². The highest BCUT2D eigenvalue weighted by Crippen LogP contribution is 2.25. The first-order valence-corrected chi connectivity index (χ1v) is 8.57. The van der Waals surface area contributed by atoms with E-state index in [0.717, 1.165) is 10.9 Å². The summed E-state index contributed by atoms with van der Waals surface area (Å²) in [5.41, 5.74) is 0.298. The van der Waals surface area contributed by atoms with Crippen LogP contribution in [0, 0.1) is 12.7 Å². The molecule has 0 bridgehead atoms. The van der Waals surface area contributed by atoms with Crippen molar-refractivity contribution in [3.8, 4) is 0 Å². The van der Waals surface area contributed by atoms with Crippen LogP contribution in [0.4, 0.5) is 4.39 Å². The third-order valence-corrected chi connectivity index (χ3v) is 5.98. The minimum Gasteiger partial charge on any atom is -0.392 e. The Morgan fingerprint density at radius 1 is 1.38 bits per heavy atom. The largest absolute Gasteiger partial charge is 0.392 e. The van der Waals surface area contributed by atoms with Crippen molar-refractivity contribution in [2.24, 2.45) is 0 Å². The van der Waals surface area contributed by atoms with Gasteiger partial charge in [-0.3, -0.25) is 0 Å². The lowest BCUT2D eigenvalue weighted by Gasteiger charge is -2.18. The van der Waals surface area contributed by atoms with E-state index < -0.39 is 22.4 Å². The van der Waals surface area contributed by atoms with E-state index in [-0.39, 0.29) is 22.6 Å². The van der Waals surface area contributed by atoms with Gasteiger partial charge in [-0.15, -0.1) is 11.3 Å². The Hall–Kier alpha value is -1.28. The van der Waals surface area contributed by atoms with E-state index in [0.29, 0.717) is 0 Å². The zero-order valence-electron chi connectivity index (χ0n) is 11.7. The number of aliphatic hydroxyl groups is 1. The number of halogens is 1. The number of hydrogen-bond donors (Lipinski definition) is 1. The Labute approximate surface area is 127 Å². The average molecular weight is 329 g/mol. The lowest BCUT2D eigenvalue weighted by molar-refractivity contribution is 0.280. The van der Waals surface area contributed by atoms with Crippen LogP contribution in [-0.4, -0.2) is 24.9 Å². The number of sulfonamides is 1. The molecule has 0 aliphatic carbocycles. The zero-order chi connectivity index (χ0) is 15.6. The van der Waals surface area contributed by atoms with Gasteiger partial charge in [0.15, 0.2) is 0 Å². The van der Waals surface area contributed by atoms with Crippen LogP contribution < -0.4 is 0 Å². The lowest BCUT2D eigenvalue weighted by Crippen LogP contribution is -2.27. The summed E-state index contributed by atoms with van der Waals surface area (Å²) < 4.78 is 40.2. The fourth-order valence-electron chi connectivity index (χ4n) is 1.94. The number of rotatable bonds is 5. The molecule has 7 heteroatoms. The van der Waals surface area contributed by atoms with Gasteiger partial charge in [-0.1, -0.05) is 6.07 Å². The first kappa shape index (κ1) is 16.1. The van der Waals surface area contributed by atoms with E-state index >= 15 is 0 Å². The molecule has 0 saturated carbocycles. The van der Waals surface area contributed by atoms with Crippen molar-refractivity contribution in [3.63, 3.8) is 0 Å². The van der Waals surface area contributed by atoms with Crippen LogP contribution in [0.2, 0.25) is 0 Å². The number of aliphatic hydroxyl groups excluding tert-OH is 1. The van der Waals surface area contributed by atoms with Gasteiger partial charge in [0.2, 0.25) is 10.0 Å². The Morgan fingerprint density at radius 2 is 2.10 bits per heavy atom. The molecule has 0 fully saturated rings. The molecule has 0 atom stereocenters. The summed E-state index contributed by atoms with van der Waals surface area (Å²) in [6.07, 6.45) is 0. The van der Waals surface area contributed by atoms with Crippen molar-refractivity contribution in [2.75, 3.05) is 7.05 Å². The number of hydrogen-bond acceptors (Lipinski definition) is 4. The molecule has 1 aromatic heterocycles. The maximum atomic E-state index is 13.8. The predicted molar refractivity (Wildman–Crippen MR) is 80.0 cm³/mol. The Kier molecular flexibility index (Phi) is 4.77. The zero-order valence-corrected chi connectivity index (χ0v) is 13.3. The number of nitrogens with zero attached hydrogens (tertiary/aromatic N) is 1. The molecule has 0 spiro atoms. The van der Waals surface area contributed by atoms with Crippen molar-refractivity contribution in [2.45, 2.75) is 25.0 Å². The van der Waals surface area contributed by atoms with Gasteiger partial charge in [-0.05, 0) is 36.1 Å². The van der Waals surface area contributed by atoms with Crippen LogP contribution in [0.5, 0.6) is 0 Å². The molecule has 0 unspecified atom stereocenters. The van der Waals surface area contributed by atoms with Crippen LogP contribution in [0.25, 0.3) is 0 Å². The van der Waals surface area contributed by atoms with Crippen molar-refractivity contribution < 1.29 is 17.9 Å². The summed E-state index contributed by atoms with van der Waals surface area (Å²) in [5, 5.41) is 11.0. The standard InChI is InChI=1S/C14H16FNO3S2/c1-10-13(15)6-11(9-17)7-14(10)21(18,19)16(2)8-12-4-3-5-20-12/h3-7,17H,8-9H2,1-2H3. The van der Waals surface area contributed by atoms with E-state index in [2.05, 4.69) is 0 Å². The second kappa shape index (κ2) is 6.23. The maximum Gasteiger partial charge on any atom is 0.243 e. The van der Waals surface area contributed by atoms with E-state index in [4.69, 9.17) is 5.11 Å². The van der Waals surface area contributed by atoms with Gasteiger partial charge in [0.1, 0.15) is 5.82 Å². The maximum absolute atomic E-state index is 13.8. The molecular formula is C14H16FNO3S2. The Morgan fingerprint density at radius 3 is 2.67 bits per heavy atom. The predicted octanol–water partition coefficient (Wildman–Crippen LogP) is 2.51. The molecule has 1 N–H and O–H groups in total. The monoisotopic (exact) mass is 329 g/mol. The van der Waals surface area contributed by atoms with E-state index in [9.17, 15) is 12.8 Å². The summed E-state index contributed by atoms with van der Waals surface area (Å²) in [7, 11) is -2.36. The summed E-state index contributed by atoms with van der Waals surface area (Å²) in [5.74, 6) is -0.635. The minimum absolute atomic E-state index is 0.0604. The van der Waals surface area contributed by atoms with Crippen molar-refractivity contribution in [1.82, 2.24) is 4.31 Å². The summed E-state index contributed by atoms with van der Waals surface area (Å²) in [4.78, 5) is 0.795. The molecular weight excluding hydrogens is 313 g/mol. The molecule has 2 aromatic rings. The van der Waals surface area contributed by atoms with Crippen LogP contribution in [0.15, 0.2) is 34.5 Å². The SMILES string of the molecule is Cc1c(F)cc(CO)cc1S(=O)(=O)N(C)Cc1cccs1. The smallest absolute Gasteiger partial charge is 0.243 e. The van der Waals surface area contributed by atoms with Crippen molar-refractivity contribution in [1.29, 1.82) is 0 Å².